The van der Waals surface area contributed by atoms with Gasteiger partial charge in [-0.25, -0.2) is 9.67 Å². The van der Waals surface area contributed by atoms with Crippen LogP contribution >= 0.6 is 0 Å². The Labute approximate surface area is 180 Å². The van der Waals surface area contributed by atoms with Crippen LogP contribution < -0.4 is 10.6 Å². The number of primary amides is 1. The Bertz CT molecular complexity index is 1120. The van der Waals surface area contributed by atoms with Gasteiger partial charge in [0.1, 0.15) is 0 Å². The number of piperazine rings is 1. The summed E-state index contributed by atoms with van der Waals surface area (Å²) < 4.78 is 39.2. The molecule has 166 valence electrons. The minimum absolute atomic E-state index is 0.0750. The maximum atomic E-state index is 12.8. The van der Waals surface area contributed by atoms with E-state index in [4.69, 9.17) is 5.73 Å². The number of amides is 2. The Hall–Kier alpha value is -3.96. The topological polar surface area (TPSA) is 110 Å². The van der Waals surface area contributed by atoms with Crippen molar-refractivity contribution >= 4 is 17.5 Å². The number of rotatable bonds is 4. The average molecular weight is 445 g/mol. The average Bonchev–Trinajstić information content (AvgIpc) is 3.29. The lowest BCUT2D eigenvalue weighted by atomic mass is 10.1. The van der Waals surface area contributed by atoms with Crippen LogP contribution in [0.5, 0.6) is 0 Å². The van der Waals surface area contributed by atoms with E-state index in [1.54, 1.807) is 29.2 Å². The van der Waals surface area contributed by atoms with Gasteiger partial charge in [-0.05, 0) is 36.4 Å². The van der Waals surface area contributed by atoms with Crippen molar-refractivity contribution in [1.82, 2.24) is 24.9 Å². The van der Waals surface area contributed by atoms with E-state index >= 15 is 0 Å². The summed E-state index contributed by atoms with van der Waals surface area (Å²) in [6, 6.07) is 8.97. The Morgan fingerprint density at radius 2 is 1.66 bits per heavy atom. The quantitative estimate of drug-likeness (QED) is 0.655. The summed E-state index contributed by atoms with van der Waals surface area (Å²) in [6.45, 7) is 2.05. The van der Waals surface area contributed by atoms with Crippen LogP contribution in [0.15, 0.2) is 48.8 Å². The van der Waals surface area contributed by atoms with Crippen LogP contribution in [0.3, 0.4) is 0 Å². The molecule has 0 bridgehead atoms. The van der Waals surface area contributed by atoms with E-state index in [1.807, 2.05) is 0 Å². The molecule has 1 aliphatic heterocycles. The van der Waals surface area contributed by atoms with E-state index in [9.17, 15) is 22.8 Å². The fraction of sp³-hybridized carbons (Fsp3) is 0.250. The largest absolute Gasteiger partial charge is 0.417 e. The number of alkyl halides is 3. The highest BCUT2D eigenvalue weighted by molar-refractivity contribution is 5.93. The van der Waals surface area contributed by atoms with Crippen molar-refractivity contribution in [1.29, 1.82) is 0 Å². The van der Waals surface area contributed by atoms with Crippen LogP contribution in [0.4, 0.5) is 18.9 Å². The predicted molar refractivity (Wildman–Crippen MR) is 107 cm³/mol. The van der Waals surface area contributed by atoms with Crippen molar-refractivity contribution in [2.24, 2.45) is 5.73 Å². The van der Waals surface area contributed by atoms with E-state index < -0.39 is 17.6 Å². The molecule has 2 aromatic heterocycles. The van der Waals surface area contributed by atoms with Gasteiger partial charge >= 0.3 is 6.18 Å². The molecule has 1 aromatic carbocycles. The highest BCUT2D eigenvalue weighted by Crippen LogP contribution is 2.28. The second kappa shape index (κ2) is 8.29. The highest BCUT2D eigenvalue weighted by Gasteiger charge is 2.31. The van der Waals surface area contributed by atoms with Crippen molar-refractivity contribution < 1.29 is 22.8 Å². The lowest BCUT2D eigenvalue weighted by molar-refractivity contribution is -0.137. The molecule has 12 heteroatoms. The predicted octanol–water partition coefficient (Wildman–Crippen LogP) is 1.74. The minimum atomic E-state index is -4.49. The Kier molecular flexibility index (Phi) is 5.51. The van der Waals surface area contributed by atoms with Crippen LogP contribution in [0.2, 0.25) is 0 Å². The molecule has 2 N–H and O–H groups in total. The summed E-state index contributed by atoms with van der Waals surface area (Å²) in [4.78, 5) is 31.4. The third kappa shape index (κ3) is 4.38. The number of halogens is 3. The molecule has 32 heavy (non-hydrogen) atoms. The van der Waals surface area contributed by atoms with Crippen LogP contribution in [-0.4, -0.2) is 62.9 Å². The third-order valence-corrected chi connectivity index (χ3v) is 5.11. The fourth-order valence-electron chi connectivity index (χ4n) is 3.33. The first-order valence-corrected chi connectivity index (χ1v) is 9.62. The number of pyridine rings is 1. The van der Waals surface area contributed by atoms with Crippen molar-refractivity contribution in [3.8, 4) is 5.82 Å². The first kappa shape index (κ1) is 21.3. The van der Waals surface area contributed by atoms with Crippen LogP contribution in [0, 0.1) is 0 Å². The molecule has 0 unspecified atom stereocenters. The van der Waals surface area contributed by atoms with Gasteiger partial charge in [-0.3, -0.25) is 9.59 Å². The number of benzene rings is 1. The number of hydrogen-bond acceptors (Lipinski definition) is 6. The second-order valence-electron chi connectivity index (χ2n) is 7.14. The number of aromatic nitrogens is 4. The first-order valence-electron chi connectivity index (χ1n) is 9.62. The van der Waals surface area contributed by atoms with Gasteiger partial charge in [-0.1, -0.05) is 5.21 Å². The summed E-state index contributed by atoms with van der Waals surface area (Å²) in [5.74, 6) is -0.702. The number of carbonyl (C=O) groups is 2. The molecular weight excluding hydrogens is 427 g/mol. The van der Waals surface area contributed by atoms with E-state index in [0.717, 1.165) is 22.5 Å². The molecule has 0 atom stereocenters. The summed E-state index contributed by atoms with van der Waals surface area (Å²) in [7, 11) is 0. The van der Waals surface area contributed by atoms with Crippen LogP contribution in [0.1, 0.15) is 26.4 Å². The maximum absolute atomic E-state index is 12.8. The summed E-state index contributed by atoms with van der Waals surface area (Å²) in [6.07, 6.45) is -2.44. The normalized spacial score (nSPS) is 14.5. The van der Waals surface area contributed by atoms with Gasteiger partial charge in [-0.2, -0.15) is 13.2 Å². The number of nitrogens with two attached hydrogens (primary N) is 1. The summed E-state index contributed by atoms with van der Waals surface area (Å²) in [5, 5.41) is 7.65. The monoisotopic (exact) mass is 445 g/mol. The van der Waals surface area contributed by atoms with Crippen molar-refractivity contribution in [3.63, 3.8) is 0 Å². The molecule has 0 saturated carbocycles. The van der Waals surface area contributed by atoms with Crippen molar-refractivity contribution in [3.05, 3.63) is 65.6 Å². The molecule has 0 spiro atoms. The SMILES string of the molecule is NC(=O)c1ccc(N2CCN(C(=O)c3cn(-c4ccc(C(F)(F)F)cn4)nn3)CC2)cc1. The Morgan fingerprint density at radius 1 is 0.969 bits per heavy atom. The van der Waals surface area contributed by atoms with Crippen LogP contribution in [-0.2, 0) is 6.18 Å². The van der Waals surface area contributed by atoms with Crippen molar-refractivity contribution in [2.45, 2.75) is 6.18 Å². The molecule has 1 fully saturated rings. The van der Waals surface area contributed by atoms with Gasteiger partial charge in [0.2, 0.25) is 5.91 Å². The molecule has 3 heterocycles. The molecule has 3 aromatic rings. The second-order valence-corrected chi connectivity index (χ2v) is 7.14. The van der Waals surface area contributed by atoms with Gasteiger partial charge in [0.05, 0.1) is 11.8 Å². The maximum Gasteiger partial charge on any atom is 0.417 e. The smallest absolute Gasteiger partial charge is 0.368 e. The van der Waals surface area contributed by atoms with Crippen LogP contribution in [0.25, 0.3) is 5.82 Å². The fourth-order valence-corrected chi connectivity index (χ4v) is 3.33. The van der Waals surface area contributed by atoms with Gasteiger partial charge in [0.25, 0.3) is 5.91 Å². The number of nitrogens with zero attached hydrogens (tertiary/aromatic N) is 6. The van der Waals surface area contributed by atoms with Gasteiger partial charge in [0.15, 0.2) is 11.5 Å². The van der Waals surface area contributed by atoms with E-state index in [2.05, 4.69) is 20.2 Å². The molecule has 0 aliphatic carbocycles. The summed E-state index contributed by atoms with van der Waals surface area (Å²) in [5.41, 5.74) is 5.80. The number of hydrogen-bond donors (Lipinski definition) is 1. The Balaban J connectivity index is 1.38. The zero-order chi connectivity index (χ0) is 22.9. The van der Waals surface area contributed by atoms with E-state index in [0.29, 0.717) is 37.9 Å². The number of carbonyl (C=O) groups excluding carboxylic acids is 2. The molecular formula is C20H18F3N7O2. The zero-order valence-electron chi connectivity index (χ0n) is 16.7. The molecule has 1 aliphatic rings. The van der Waals surface area contributed by atoms with Gasteiger partial charge in [-0.15, -0.1) is 5.10 Å². The Morgan fingerprint density at radius 3 is 2.22 bits per heavy atom. The molecule has 9 nitrogen and oxygen atoms in total. The van der Waals surface area contributed by atoms with Crippen molar-refractivity contribution in [2.75, 3.05) is 31.1 Å². The number of anilines is 1. The van der Waals surface area contributed by atoms with Gasteiger partial charge in [0, 0.05) is 43.6 Å². The van der Waals surface area contributed by atoms with E-state index in [-0.39, 0.29) is 17.4 Å². The zero-order valence-corrected chi connectivity index (χ0v) is 16.7. The summed E-state index contributed by atoms with van der Waals surface area (Å²) >= 11 is 0. The van der Waals surface area contributed by atoms with E-state index in [1.165, 1.54) is 6.20 Å². The lowest BCUT2D eigenvalue weighted by Crippen LogP contribution is -2.48. The molecule has 0 radical (unpaired) electrons. The molecule has 4 rings (SSSR count). The molecule has 1 saturated heterocycles. The minimum Gasteiger partial charge on any atom is -0.368 e. The lowest BCUT2D eigenvalue weighted by Gasteiger charge is -2.35. The highest BCUT2D eigenvalue weighted by atomic mass is 19.4. The molecule has 2 amide bonds. The standard InChI is InChI=1S/C20H18F3N7O2/c21-20(22,23)14-3-6-17(25-11-14)30-12-16(26-27-30)19(32)29-9-7-28(8-10-29)15-4-1-13(2-5-15)18(24)31/h1-6,11-12H,7-10H2,(H2,24,31). The third-order valence-electron chi connectivity index (χ3n) is 5.11. The van der Waals surface area contributed by atoms with Gasteiger partial charge < -0.3 is 15.5 Å². The first-order chi connectivity index (χ1) is 15.2.